The quantitative estimate of drug-likeness (QED) is 0.548. The maximum atomic E-state index is 8.96. The third-order valence-electron chi connectivity index (χ3n) is 1.41. The minimum absolute atomic E-state index is 0.198. The molecule has 1 heterocycles. The zero-order valence-electron chi connectivity index (χ0n) is 5.20. The molecule has 0 radical (unpaired) electrons. The Hall–Kier alpha value is -1.22. The Bertz CT molecular complexity index is 257. The molecule has 0 saturated heterocycles. The van der Waals surface area contributed by atoms with E-state index in [4.69, 9.17) is 9.99 Å². The summed E-state index contributed by atoms with van der Waals surface area (Å²) in [5, 5.41) is 8.96. The highest BCUT2D eigenvalue weighted by molar-refractivity contribution is 5.40. The molecule has 1 aromatic rings. The molecule has 0 atom stereocenters. The Labute approximate surface area is 57.7 Å². The van der Waals surface area contributed by atoms with E-state index in [9.17, 15) is 0 Å². The summed E-state index contributed by atoms with van der Waals surface area (Å²) in [6.45, 7) is 0.468. The molecular weight excluding hydrogens is 132 g/mol. The first kappa shape index (κ1) is 5.56. The molecule has 0 spiro atoms. The first-order valence-corrected chi connectivity index (χ1v) is 2.97. The maximum Gasteiger partial charge on any atom is 0.174 e. The highest BCUT2D eigenvalue weighted by atomic mass is 17.2. The predicted octanol–water partition coefficient (Wildman–Crippen LogP) is 1.22. The second-order valence-corrected chi connectivity index (χ2v) is 2.14. The van der Waals surface area contributed by atoms with Crippen molar-refractivity contribution in [3.8, 4) is 11.5 Å². The molecular formula is C7H6O3. The van der Waals surface area contributed by atoms with Crippen molar-refractivity contribution in [1.82, 2.24) is 0 Å². The lowest BCUT2D eigenvalue weighted by Gasteiger charge is -1.93. The van der Waals surface area contributed by atoms with Gasteiger partial charge in [-0.05, 0) is 12.1 Å². The maximum absolute atomic E-state index is 8.96. The van der Waals surface area contributed by atoms with Crippen LogP contribution in [0, 0.1) is 0 Å². The number of fused-ring (bicyclic) bond motifs is 1. The van der Waals surface area contributed by atoms with Crippen molar-refractivity contribution in [3.05, 3.63) is 23.8 Å². The van der Waals surface area contributed by atoms with E-state index in [1.165, 1.54) is 6.07 Å². The standard InChI is InChI=1S/C7H6O3/c8-6-2-1-5-4-9-10-7(5)3-6/h1-3,8H,4H2. The van der Waals surface area contributed by atoms with E-state index in [2.05, 4.69) is 4.89 Å². The lowest BCUT2D eigenvalue weighted by molar-refractivity contribution is -0.194. The van der Waals surface area contributed by atoms with Gasteiger partial charge in [-0.2, -0.15) is 4.89 Å². The van der Waals surface area contributed by atoms with Gasteiger partial charge in [0.25, 0.3) is 0 Å². The summed E-state index contributed by atoms with van der Waals surface area (Å²) in [4.78, 5) is 9.38. The van der Waals surface area contributed by atoms with Crippen molar-refractivity contribution in [2.24, 2.45) is 0 Å². The van der Waals surface area contributed by atoms with Gasteiger partial charge in [-0.1, -0.05) is 0 Å². The summed E-state index contributed by atoms with van der Waals surface area (Å²) >= 11 is 0. The number of rotatable bonds is 0. The Kier molecular flexibility index (Phi) is 1.05. The predicted molar refractivity (Wildman–Crippen MR) is 33.5 cm³/mol. The zero-order chi connectivity index (χ0) is 6.97. The number of hydrogen-bond acceptors (Lipinski definition) is 3. The van der Waals surface area contributed by atoms with Gasteiger partial charge < -0.3 is 9.99 Å². The van der Waals surface area contributed by atoms with E-state index in [1.54, 1.807) is 12.1 Å². The molecule has 0 aliphatic carbocycles. The Morgan fingerprint density at radius 3 is 3.20 bits per heavy atom. The van der Waals surface area contributed by atoms with Crippen molar-refractivity contribution in [2.75, 3.05) is 0 Å². The van der Waals surface area contributed by atoms with E-state index in [0.717, 1.165) is 5.56 Å². The van der Waals surface area contributed by atoms with Crippen molar-refractivity contribution in [2.45, 2.75) is 6.61 Å². The third kappa shape index (κ3) is 0.717. The van der Waals surface area contributed by atoms with Crippen molar-refractivity contribution >= 4 is 0 Å². The molecule has 3 heteroatoms. The van der Waals surface area contributed by atoms with Crippen LogP contribution in [0.15, 0.2) is 18.2 Å². The molecule has 1 aromatic carbocycles. The molecule has 1 aliphatic heterocycles. The van der Waals surface area contributed by atoms with Crippen LogP contribution < -0.4 is 4.89 Å². The van der Waals surface area contributed by atoms with Gasteiger partial charge in [0.15, 0.2) is 5.75 Å². The Balaban J connectivity index is 2.52. The van der Waals surface area contributed by atoms with Gasteiger partial charge in [0.1, 0.15) is 12.4 Å². The van der Waals surface area contributed by atoms with Gasteiger partial charge in [0.2, 0.25) is 0 Å². The minimum Gasteiger partial charge on any atom is -0.508 e. The van der Waals surface area contributed by atoms with Crippen molar-refractivity contribution < 1.29 is 14.9 Å². The van der Waals surface area contributed by atoms with Gasteiger partial charge in [0, 0.05) is 11.6 Å². The molecule has 10 heavy (non-hydrogen) atoms. The van der Waals surface area contributed by atoms with Crippen molar-refractivity contribution in [1.29, 1.82) is 0 Å². The van der Waals surface area contributed by atoms with Gasteiger partial charge >= 0.3 is 0 Å². The second kappa shape index (κ2) is 1.88. The Morgan fingerprint density at radius 2 is 2.30 bits per heavy atom. The molecule has 0 fully saturated rings. The fraction of sp³-hybridized carbons (Fsp3) is 0.143. The SMILES string of the molecule is Oc1ccc2c(c1)OOC2. The summed E-state index contributed by atoms with van der Waals surface area (Å²) in [6.07, 6.45) is 0. The number of phenolic OH excluding ortho intramolecular Hbond substituents is 1. The molecule has 1 aliphatic rings. The molecule has 0 aromatic heterocycles. The van der Waals surface area contributed by atoms with Crippen LogP contribution in [-0.2, 0) is 11.5 Å². The van der Waals surface area contributed by atoms with Crippen LogP contribution >= 0.6 is 0 Å². The smallest absolute Gasteiger partial charge is 0.174 e. The van der Waals surface area contributed by atoms with Crippen LogP contribution in [0.5, 0.6) is 11.5 Å². The van der Waals surface area contributed by atoms with Crippen LogP contribution in [0.4, 0.5) is 0 Å². The van der Waals surface area contributed by atoms with Crippen LogP contribution in [0.3, 0.4) is 0 Å². The summed E-state index contributed by atoms with van der Waals surface area (Å²) in [6, 6.07) is 4.91. The van der Waals surface area contributed by atoms with Gasteiger partial charge in [-0.15, -0.1) is 0 Å². The van der Waals surface area contributed by atoms with E-state index < -0.39 is 0 Å². The number of hydrogen-bond donors (Lipinski definition) is 1. The molecule has 1 N–H and O–H groups in total. The summed E-state index contributed by atoms with van der Waals surface area (Å²) in [5.74, 6) is 0.809. The lowest BCUT2D eigenvalue weighted by Crippen LogP contribution is -1.81. The molecule has 0 unspecified atom stereocenters. The van der Waals surface area contributed by atoms with Gasteiger partial charge in [-0.3, -0.25) is 0 Å². The molecule has 0 bridgehead atoms. The average molecular weight is 138 g/mol. The Morgan fingerprint density at radius 1 is 1.40 bits per heavy atom. The van der Waals surface area contributed by atoms with Gasteiger partial charge in [0.05, 0.1) is 0 Å². The van der Waals surface area contributed by atoms with E-state index in [1.807, 2.05) is 0 Å². The van der Waals surface area contributed by atoms with Gasteiger partial charge in [-0.25, -0.2) is 0 Å². The number of phenols is 1. The topological polar surface area (TPSA) is 38.7 Å². The third-order valence-corrected chi connectivity index (χ3v) is 1.41. The largest absolute Gasteiger partial charge is 0.508 e. The monoisotopic (exact) mass is 138 g/mol. The van der Waals surface area contributed by atoms with Crippen LogP contribution in [0.2, 0.25) is 0 Å². The summed E-state index contributed by atoms with van der Waals surface area (Å²) < 4.78 is 0. The second-order valence-electron chi connectivity index (χ2n) is 2.14. The lowest BCUT2D eigenvalue weighted by atomic mass is 10.2. The summed E-state index contributed by atoms with van der Waals surface area (Å²) in [7, 11) is 0. The van der Waals surface area contributed by atoms with Crippen LogP contribution in [0.1, 0.15) is 5.56 Å². The van der Waals surface area contributed by atoms with Crippen LogP contribution in [0.25, 0.3) is 0 Å². The highest BCUT2D eigenvalue weighted by Crippen LogP contribution is 2.29. The number of aromatic hydroxyl groups is 1. The molecule has 52 valence electrons. The molecule has 2 rings (SSSR count). The molecule has 0 amide bonds. The zero-order valence-corrected chi connectivity index (χ0v) is 5.20. The van der Waals surface area contributed by atoms with Crippen molar-refractivity contribution in [3.63, 3.8) is 0 Å². The first-order chi connectivity index (χ1) is 4.86. The average Bonchev–Trinajstić information content (AvgIpc) is 2.33. The van der Waals surface area contributed by atoms with E-state index >= 15 is 0 Å². The minimum atomic E-state index is 0.198. The number of benzene rings is 1. The normalized spacial score (nSPS) is 14.4. The molecule has 3 nitrogen and oxygen atoms in total. The fourth-order valence-electron chi connectivity index (χ4n) is 0.896. The van der Waals surface area contributed by atoms with E-state index in [0.29, 0.717) is 12.4 Å². The highest BCUT2D eigenvalue weighted by Gasteiger charge is 2.12. The van der Waals surface area contributed by atoms with E-state index in [-0.39, 0.29) is 5.75 Å². The fourth-order valence-corrected chi connectivity index (χ4v) is 0.896. The summed E-state index contributed by atoms with van der Waals surface area (Å²) in [5.41, 5.74) is 0.970. The van der Waals surface area contributed by atoms with Crippen LogP contribution in [-0.4, -0.2) is 5.11 Å². The molecule has 0 saturated carbocycles. The first-order valence-electron chi connectivity index (χ1n) is 2.97.